The van der Waals surface area contributed by atoms with Crippen molar-refractivity contribution in [1.29, 1.82) is 5.26 Å². The quantitative estimate of drug-likeness (QED) is 0.906. The molecular formula is C14H17N3O3S. The van der Waals surface area contributed by atoms with Crippen molar-refractivity contribution in [3.63, 3.8) is 0 Å². The number of carbonyl (C=O) groups excluding carboxylic acids is 1. The van der Waals surface area contributed by atoms with Crippen LogP contribution in [0.15, 0.2) is 24.3 Å². The molecule has 0 spiro atoms. The van der Waals surface area contributed by atoms with Crippen LogP contribution in [0.5, 0.6) is 0 Å². The average Bonchev–Trinajstić information content (AvgIpc) is 2.84. The number of nitriles is 1. The van der Waals surface area contributed by atoms with Crippen molar-refractivity contribution in [1.82, 2.24) is 5.32 Å². The molecule has 0 aromatic heterocycles. The van der Waals surface area contributed by atoms with Gasteiger partial charge < -0.3 is 5.32 Å². The number of benzene rings is 1. The van der Waals surface area contributed by atoms with Gasteiger partial charge in [-0.15, -0.1) is 0 Å². The summed E-state index contributed by atoms with van der Waals surface area (Å²) in [5.74, 6) is -0.239. The third-order valence-corrected chi connectivity index (χ3v) is 5.23. The Kier molecular flexibility index (Phi) is 4.48. The molecule has 6 nitrogen and oxygen atoms in total. The first-order valence-electron chi connectivity index (χ1n) is 6.79. The van der Waals surface area contributed by atoms with Gasteiger partial charge in [0.15, 0.2) is 0 Å². The fraction of sp³-hybridized carbons (Fsp3) is 0.429. The summed E-state index contributed by atoms with van der Waals surface area (Å²) >= 11 is 0. The van der Waals surface area contributed by atoms with Gasteiger partial charge in [-0.1, -0.05) is 13.0 Å². The average molecular weight is 307 g/mol. The molecule has 0 bridgehead atoms. The summed E-state index contributed by atoms with van der Waals surface area (Å²) in [4.78, 5) is 12.1. The molecule has 1 fully saturated rings. The van der Waals surface area contributed by atoms with E-state index >= 15 is 0 Å². The maximum Gasteiger partial charge on any atom is 0.252 e. The van der Waals surface area contributed by atoms with Crippen LogP contribution in [0.1, 0.15) is 30.1 Å². The van der Waals surface area contributed by atoms with E-state index in [2.05, 4.69) is 5.32 Å². The number of nitrogens with zero attached hydrogens (tertiary/aromatic N) is 2. The minimum atomic E-state index is -3.27. The van der Waals surface area contributed by atoms with Crippen LogP contribution in [0.25, 0.3) is 0 Å². The number of rotatable bonds is 4. The lowest BCUT2D eigenvalue weighted by Gasteiger charge is -2.17. The third kappa shape index (κ3) is 3.34. The number of amides is 1. The normalized spacial score (nSPS) is 18.0. The SMILES string of the molecule is CC[C@H](C#N)NC(=O)c1cccc(N2CCCS2(=O)=O)c1. The number of sulfonamides is 1. The van der Waals surface area contributed by atoms with Crippen LogP contribution in [-0.2, 0) is 10.0 Å². The van der Waals surface area contributed by atoms with Gasteiger partial charge in [-0.05, 0) is 31.0 Å². The highest BCUT2D eigenvalue weighted by Gasteiger charge is 2.28. The zero-order chi connectivity index (χ0) is 15.5. The summed E-state index contributed by atoms with van der Waals surface area (Å²) in [7, 11) is -3.27. The molecule has 1 aliphatic heterocycles. The molecule has 1 amide bonds. The minimum absolute atomic E-state index is 0.135. The highest BCUT2D eigenvalue weighted by atomic mass is 32.2. The lowest BCUT2D eigenvalue weighted by Crippen LogP contribution is -2.33. The van der Waals surface area contributed by atoms with Gasteiger partial charge in [-0.2, -0.15) is 5.26 Å². The Labute approximate surface area is 124 Å². The van der Waals surface area contributed by atoms with Crippen LogP contribution in [0, 0.1) is 11.3 Å². The molecule has 1 saturated heterocycles. The van der Waals surface area contributed by atoms with Crippen molar-refractivity contribution in [3.8, 4) is 6.07 Å². The topological polar surface area (TPSA) is 90.3 Å². The van der Waals surface area contributed by atoms with Gasteiger partial charge in [-0.3, -0.25) is 9.10 Å². The zero-order valence-corrected chi connectivity index (χ0v) is 12.6. The molecule has 0 aliphatic carbocycles. The number of carbonyl (C=O) groups is 1. The van der Waals surface area contributed by atoms with E-state index in [1.54, 1.807) is 31.2 Å². The molecule has 0 unspecified atom stereocenters. The van der Waals surface area contributed by atoms with Gasteiger partial charge in [-0.25, -0.2) is 8.42 Å². The van der Waals surface area contributed by atoms with Gasteiger partial charge in [0, 0.05) is 12.1 Å². The Bertz CT molecular complexity index is 679. The second-order valence-corrected chi connectivity index (χ2v) is 6.87. The first kappa shape index (κ1) is 15.3. The largest absolute Gasteiger partial charge is 0.336 e. The van der Waals surface area contributed by atoms with E-state index in [0.29, 0.717) is 30.6 Å². The van der Waals surface area contributed by atoms with Crippen LogP contribution in [0.2, 0.25) is 0 Å². The second-order valence-electron chi connectivity index (χ2n) is 4.86. The van der Waals surface area contributed by atoms with Gasteiger partial charge >= 0.3 is 0 Å². The lowest BCUT2D eigenvalue weighted by atomic mass is 10.1. The van der Waals surface area contributed by atoms with E-state index in [4.69, 9.17) is 5.26 Å². The Hall–Kier alpha value is -2.07. The standard InChI is InChI=1S/C14H17N3O3S/c1-2-12(10-15)16-14(18)11-5-3-6-13(9-11)17-7-4-8-21(17,19)20/h3,5-6,9,12H,2,4,7-8H2,1H3,(H,16,18)/t12-/m1/s1. The summed E-state index contributed by atoms with van der Waals surface area (Å²) in [5, 5.41) is 11.5. The number of hydrogen-bond donors (Lipinski definition) is 1. The number of nitrogens with one attached hydrogen (secondary N) is 1. The van der Waals surface area contributed by atoms with Gasteiger partial charge in [0.25, 0.3) is 5.91 Å². The molecule has 2 rings (SSSR count). The van der Waals surface area contributed by atoms with Crippen molar-refractivity contribution in [3.05, 3.63) is 29.8 Å². The van der Waals surface area contributed by atoms with Gasteiger partial charge in [0.05, 0.1) is 17.5 Å². The zero-order valence-electron chi connectivity index (χ0n) is 11.7. The van der Waals surface area contributed by atoms with E-state index in [1.807, 2.05) is 6.07 Å². The second kappa shape index (κ2) is 6.14. The van der Waals surface area contributed by atoms with Crippen molar-refractivity contribution < 1.29 is 13.2 Å². The fourth-order valence-corrected chi connectivity index (χ4v) is 3.76. The summed E-state index contributed by atoms with van der Waals surface area (Å²) in [5.41, 5.74) is 0.841. The molecule has 1 heterocycles. The smallest absolute Gasteiger partial charge is 0.252 e. The molecule has 1 N–H and O–H groups in total. The molecule has 7 heteroatoms. The number of hydrogen-bond acceptors (Lipinski definition) is 4. The fourth-order valence-electron chi connectivity index (χ4n) is 2.20. The van der Waals surface area contributed by atoms with Crippen LogP contribution in [0.3, 0.4) is 0 Å². The number of anilines is 1. The molecule has 1 aromatic carbocycles. The molecule has 1 aromatic rings. The highest BCUT2D eigenvalue weighted by Crippen LogP contribution is 2.24. The van der Waals surface area contributed by atoms with Crippen LogP contribution in [-0.4, -0.2) is 32.7 Å². The minimum Gasteiger partial charge on any atom is -0.336 e. The maximum atomic E-state index is 12.1. The van der Waals surface area contributed by atoms with E-state index in [0.717, 1.165) is 0 Å². The molecule has 21 heavy (non-hydrogen) atoms. The van der Waals surface area contributed by atoms with E-state index in [-0.39, 0.29) is 11.7 Å². The van der Waals surface area contributed by atoms with Crippen molar-refractivity contribution in [2.45, 2.75) is 25.8 Å². The Morgan fingerprint density at radius 2 is 2.29 bits per heavy atom. The summed E-state index contributed by atoms with van der Waals surface area (Å²) in [6.45, 7) is 2.24. The van der Waals surface area contributed by atoms with Gasteiger partial charge in [0.2, 0.25) is 10.0 Å². The van der Waals surface area contributed by atoms with Crippen molar-refractivity contribution in [2.24, 2.45) is 0 Å². The van der Waals surface area contributed by atoms with E-state index in [1.165, 1.54) is 4.31 Å². The Balaban J connectivity index is 2.22. The van der Waals surface area contributed by atoms with Crippen LogP contribution in [0.4, 0.5) is 5.69 Å². The molecule has 1 atom stereocenters. The summed E-state index contributed by atoms with van der Waals surface area (Å²) in [6.07, 6.45) is 1.10. The predicted octanol–water partition coefficient (Wildman–Crippen LogP) is 1.26. The van der Waals surface area contributed by atoms with Crippen LogP contribution >= 0.6 is 0 Å². The van der Waals surface area contributed by atoms with Crippen molar-refractivity contribution in [2.75, 3.05) is 16.6 Å². The van der Waals surface area contributed by atoms with E-state index in [9.17, 15) is 13.2 Å². The highest BCUT2D eigenvalue weighted by molar-refractivity contribution is 7.93. The van der Waals surface area contributed by atoms with Crippen molar-refractivity contribution >= 4 is 21.6 Å². The summed E-state index contributed by atoms with van der Waals surface area (Å²) < 4.78 is 25.1. The first-order valence-corrected chi connectivity index (χ1v) is 8.40. The molecule has 112 valence electrons. The molecule has 1 aliphatic rings. The third-order valence-electron chi connectivity index (χ3n) is 3.37. The van der Waals surface area contributed by atoms with E-state index < -0.39 is 16.1 Å². The maximum absolute atomic E-state index is 12.1. The molecule has 0 radical (unpaired) electrons. The lowest BCUT2D eigenvalue weighted by molar-refractivity contribution is 0.0944. The Morgan fingerprint density at radius 3 is 2.86 bits per heavy atom. The summed E-state index contributed by atoms with van der Waals surface area (Å²) in [6, 6.07) is 7.91. The first-order chi connectivity index (χ1) is 9.97. The van der Waals surface area contributed by atoms with Crippen LogP contribution < -0.4 is 9.62 Å². The Morgan fingerprint density at radius 1 is 1.52 bits per heavy atom. The van der Waals surface area contributed by atoms with Gasteiger partial charge in [0.1, 0.15) is 6.04 Å². The molecule has 0 saturated carbocycles. The molecular weight excluding hydrogens is 290 g/mol. The monoisotopic (exact) mass is 307 g/mol. The predicted molar refractivity (Wildman–Crippen MR) is 79.4 cm³/mol.